The maximum atomic E-state index is 13.6. The van der Waals surface area contributed by atoms with Crippen LogP contribution in [0.3, 0.4) is 0 Å². The number of hydrogen-bond acceptors (Lipinski definition) is 5. The largest absolute Gasteiger partial charge is 0.497 e. The molecule has 2 heterocycles. The van der Waals surface area contributed by atoms with Crippen molar-refractivity contribution in [1.82, 2.24) is 9.88 Å². The standard InChI is InChI=1S/C30H33N3O4/c1-35-23-11-9-22(10-12-23)32-14-16-33(17-15-32)30(34)19-25(21-8-13-28(36-2)29(18-21)37-3)26-20-31-27-7-5-4-6-24(26)27/h4-13,18,20,25,31H,14-17,19H2,1-3H3. The van der Waals surface area contributed by atoms with Crippen molar-refractivity contribution in [2.45, 2.75) is 12.3 Å². The molecule has 1 unspecified atom stereocenters. The van der Waals surface area contributed by atoms with Gasteiger partial charge >= 0.3 is 0 Å². The summed E-state index contributed by atoms with van der Waals surface area (Å²) in [6.07, 6.45) is 2.40. The number of nitrogens with one attached hydrogen (secondary N) is 1. The lowest BCUT2D eigenvalue weighted by Gasteiger charge is -2.36. The van der Waals surface area contributed by atoms with E-state index in [0.29, 0.717) is 31.0 Å². The van der Waals surface area contributed by atoms with Gasteiger partial charge in [-0.25, -0.2) is 0 Å². The summed E-state index contributed by atoms with van der Waals surface area (Å²) in [5.41, 5.74) is 4.33. The van der Waals surface area contributed by atoms with E-state index in [1.165, 1.54) is 0 Å². The molecule has 7 nitrogen and oxygen atoms in total. The van der Waals surface area contributed by atoms with Crippen LogP contribution in [0.25, 0.3) is 10.9 Å². The molecule has 1 aromatic heterocycles. The number of aromatic nitrogens is 1. The van der Waals surface area contributed by atoms with E-state index in [2.05, 4.69) is 34.1 Å². The number of nitrogens with zero attached hydrogens (tertiary/aromatic N) is 2. The van der Waals surface area contributed by atoms with Gasteiger partial charge in [-0.1, -0.05) is 24.3 Å². The molecule has 0 aliphatic carbocycles. The first-order valence-corrected chi connectivity index (χ1v) is 12.6. The quantitative estimate of drug-likeness (QED) is 0.367. The maximum Gasteiger partial charge on any atom is 0.223 e. The second-order valence-electron chi connectivity index (χ2n) is 9.23. The molecule has 0 bridgehead atoms. The van der Waals surface area contributed by atoms with Gasteiger partial charge < -0.3 is 29.0 Å². The van der Waals surface area contributed by atoms with Crippen LogP contribution in [-0.2, 0) is 4.79 Å². The number of fused-ring (bicyclic) bond motifs is 1. The summed E-state index contributed by atoms with van der Waals surface area (Å²) in [5, 5.41) is 1.12. The first-order chi connectivity index (χ1) is 18.1. The van der Waals surface area contributed by atoms with Crippen LogP contribution < -0.4 is 19.1 Å². The highest BCUT2D eigenvalue weighted by Crippen LogP contribution is 2.38. The summed E-state index contributed by atoms with van der Waals surface area (Å²) in [6.45, 7) is 2.98. The third-order valence-corrected chi connectivity index (χ3v) is 7.26. The van der Waals surface area contributed by atoms with Crippen LogP contribution in [0.2, 0.25) is 0 Å². The lowest BCUT2D eigenvalue weighted by molar-refractivity contribution is -0.131. The number of benzene rings is 3. The van der Waals surface area contributed by atoms with Gasteiger partial charge in [0.25, 0.3) is 0 Å². The minimum Gasteiger partial charge on any atom is -0.497 e. The van der Waals surface area contributed by atoms with Crippen molar-refractivity contribution in [2.75, 3.05) is 52.4 Å². The molecule has 4 aromatic rings. The summed E-state index contributed by atoms with van der Waals surface area (Å²) < 4.78 is 16.3. The molecule has 37 heavy (non-hydrogen) atoms. The molecule has 1 atom stereocenters. The van der Waals surface area contributed by atoms with Gasteiger partial charge in [-0.05, 0) is 53.6 Å². The molecule has 192 valence electrons. The molecule has 1 N–H and O–H groups in total. The van der Waals surface area contributed by atoms with Crippen molar-refractivity contribution in [3.63, 3.8) is 0 Å². The summed E-state index contributed by atoms with van der Waals surface area (Å²) in [5.74, 6) is 2.20. The van der Waals surface area contributed by atoms with Crippen LogP contribution in [0.1, 0.15) is 23.5 Å². The van der Waals surface area contributed by atoms with E-state index in [1.807, 2.05) is 53.6 Å². The number of anilines is 1. The molecule has 1 saturated heterocycles. The van der Waals surface area contributed by atoms with Crippen molar-refractivity contribution in [3.05, 3.63) is 84.1 Å². The Hall–Kier alpha value is -4.13. The smallest absolute Gasteiger partial charge is 0.223 e. The summed E-state index contributed by atoms with van der Waals surface area (Å²) >= 11 is 0. The Labute approximate surface area is 217 Å². The third kappa shape index (κ3) is 5.07. The van der Waals surface area contributed by atoms with Gasteiger partial charge in [0.2, 0.25) is 5.91 Å². The molecule has 0 saturated carbocycles. The predicted molar refractivity (Wildman–Crippen MR) is 146 cm³/mol. The fourth-order valence-electron chi connectivity index (χ4n) is 5.17. The molecular formula is C30H33N3O4. The average molecular weight is 500 g/mol. The minimum atomic E-state index is -0.122. The normalized spacial score (nSPS) is 14.5. The van der Waals surface area contributed by atoms with Crippen LogP contribution in [-0.4, -0.2) is 63.3 Å². The topological polar surface area (TPSA) is 67.0 Å². The van der Waals surface area contributed by atoms with E-state index >= 15 is 0 Å². The zero-order valence-corrected chi connectivity index (χ0v) is 21.6. The number of rotatable bonds is 8. The molecule has 0 spiro atoms. The molecule has 1 amide bonds. The van der Waals surface area contributed by atoms with E-state index < -0.39 is 0 Å². The van der Waals surface area contributed by atoms with Gasteiger partial charge in [0.15, 0.2) is 11.5 Å². The number of aromatic amines is 1. The van der Waals surface area contributed by atoms with Crippen molar-refractivity contribution >= 4 is 22.5 Å². The second kappa shape index (κ2) is 10.9. The highest BCUT2D eigenvalue weighted by molar-refractivity contribution is 5.86. The van der Waals surface area contributed by atoms with Crippen molar-refractivity contribution in [3.8, 4) is 17.2 Å². The van der Waals surface area contributed by atoms with Crippen LogP contribution in [0.15, 0.2) is 72.9 Å². The molecule has 7 heteroatoms. The van der Waals surface area contributed by atoms with Crippen molar-refractivity contribution in [1.29, 1.82) is 0 Å². The number of para-hydroxylation sites is 1. The Morgan fingerprint density at radius 2 is 1.59 bits per heavy atom. The van der Waals surface area contributed by atoms with E-state index in [0.717, 1.165) is 46.6 Å². The molecule has 5 rings (SSSR count). The number of H-pyrrole nitrogens is 1. The monoisotopic (exact) mass is 499 g/mol. The Kier molecular flexibility index (Phi) is 7.21. The number of ether oxygens (including phenoxy) is 3. The van der Waals surface area contributed by atoms with Crippen molar-refractivity contribution in [2.24, 2.45) is 0 Å². The van der Waals surface area contributed by atoms with Gasteiger partial charge in [0, 0.05) is 61.3 Å². The van der Waals surface area contributed by atoms with Gasteiger partial charge in [0.05, 0.1) is 21.3 Å². The lowest BCUT2D eigenvalue weighted by Crippen LogP contribution is -2.49. The number of piperazine rings is 1. The van der Waals surface area contributed by atoms with E-state index in [4.69, 9.17) is 14.2 Å². The van der Waals surface area contributed by atoms with Crippen LogP contribution in [0.5, 0.6) is 17.2 Å². The Morgan fingerprint density at radius 1 is 0.865 bits per heavy atom. The molecule has 1 aliphatic rings. The van der Waals surface area contributed by atoms with Gasteiger partial charge in [-0.15, -0.1) is 0 Å². The first kappa shape index (κ1) is 24.6. The highest BCUT2D eigenvalue weighted by atomic mass is 16.5. The first-order valence-electron chi connectivity index (χ1n) is 12.6. The summed E-state index contributed by atoms with van der Waals surface area (Å²) in [7, 11) is 4.94. The number of methoxy groups -OCH3 is 3. The van der Waals surface area contributed by atoms with Gasteiger partial charge in [-0.2, -0.15) is 0 Å². The van der Waals surface area contributed by atoms with Crippen LogP contribution in [0.4, 0.5) is 5.69 Å². The number of carbonyl (C=O) groups excluding carboxylic acids is 1. The minimum absolute atomic E-state index is 0.122. The van der Waals surface area contributed by atoms with Crippen LogP contribution in [0, 0.1) is 0 Å². The summed E-state index contributed by atoms with van der Waals surface area (Å²) in [4.78, 5) is 21.3. The average Bonchev–Trinajstić information content (AvgIpc) is 3.39. The Balaban J connectivity index is 1.37. The van der Waals surface area contributed by atoms with Gasteiger partial charge in [0.1, 0.15) is 5.75 Å². The lowest BCUT2D eigenvalue weighted by atomic mass is 9.87. The van der Waals surface area contributed by atoms with E-state index in [1.54, 1.807) is 21.3 Å². The fourth-order valence-corrected chi connectivity index (χ4v) is 5.17. The Bertz CT molecular complexity index is 1360. The maximum absolute atomic E-state index is 13.6. The molecule has 1 aliphatic heterocycles. The van der Waals surface area contributed by atoms with E-state index in [9.17, 15) is 4.79 Å². The molecule has 1 fully saturated rings. The zero-order valence-electron chi connectivity index (χ0n) is 21.6. The Morgan fingerprint density at radius 3 is 2.30 bits per heavy atom. The number of carbonyl (C=O) groups is 1. The SMILES string of the molecule is COc1ccc(N2CCN(C(=O)CC(c3ccc(OC)c(OC)c3)c3c[nH]c4ccccc34)CC2)cc1. The molecule has 0 radical (unpaired) electrons. The third-order valence-electron chi connectivity index (χ3n) is 7.26. The molecule has 3 aromatic carbocycles. The number of hydrogen-bond donors (Lipinski definition) is 1. The highest BCUT2D eigenvalue weighted by Gasteiger charge is 2.27. The van der Waals surface area contributed by atoms with E-state index in [-0.39, 0.29) is 11.8 Å². The second-order valence-corrected chi connectivity index (χ2v) is 9.23. The zero-order chi connectivity index (χ0) is 25.8. The van der Waals surface area contributed by atoms with Crippen molar-refractivity contribution < 1.29 is 19.0 Å². The fraction of sp³-hybridized carbons (Fsp3) is 0.300. The summed E-state index contributed by atoms with van der Waals surface area (Å²) in [6, 6.07) is 22.2. The predicted octanol–water partition coefficient (Wildman–Crippen LogP) is 5.06. The number of amides is 1. The molecular weight excluding hydrogens is 466 g/mol. The van der Waals surface area contributed by atoms with Gasteiger partial charge in [-0.3, -0.25) is 4.79 Å². The van der Waals surface area contributed by atoms with Crippen LogP contribution >= 0.6 is 0 Å².